The van der Waals surface area contributed by atoms with Crippen molar-refractivity contribution in [1.82, 2.24) is 19.0 Å². The van der Waals surface area contributed by atoms with Gasteiger partial charge in [0.1, 0.15) is 0 Å². The van der Waals surface area contributed by atoms with E-state index in [4.69, 9.17) is 0 Å². The van der Waals surface area contributed by atoms with Gasteiger partial charge < -0.3 is 15.1 Å². The highest BCUT2D eigenvalue weighted by molar-refractivity contribution is 7.89. The van der Waals surface area contributed by atoms with E-state index in [2.05, 4.69) is 0 Å². The van der Waals surface area contributed by atoms with Crippen LogP contribution in [0.2, 0.25) is 0 Å². The van der Waals surface area contributed by atoms with E-state index in [1.807, 2.05) is 104 Å². The third-order valence-corrected chi connectivity index (χ3v) is 11.8. The molecule has 0 unspecified atom stereocenters. The van der Waals surface area contributed by atoms with Gasteiger partial charge in [0.25, 0.3) is 5.91 Å². The second-order valence-electron chi connectivity index (χ2n) is 15.6. The number of Topliss-reactive ketones (excluding diaryl/α,β-unsaturated/α-hetero) is 2. The molecular formula is C41H68N4O7S. The van der Waals surface area contributed by atoms with Crippen LogP contribution >= 0.6 is 0 Å². The van der Waals surface area contributed by atoms with Crippen LogP contribution in [0.3, 0.4) is 0 Å². The quantitative estimate of drug-likeness (QED) is 0.204. The summed E-state index contributed by atoms with van der Waals surface area (Å²) in [6, 6.07) is 16.2. The third-order valence-electron chi connectivity index (χ3n) is 9.97. The highest BCUT2D eigenvalue weighted by Crippen LogP contribution is 2.23. The fourth-order valence-corrected chi connectivity index (χ4v) is 7.27. The van der Waals surface area contributed by atoms with E-state index >= 15 is 0 Å². The van der Waals surface area contributed by atoms with Crippen LogP contribution in [0.4, 0.5) is 0 Å². The molecule has 0 bridgehead atoms. The third kappa shape index (κ3) is 13.7. The molecular weight excluding hydrogens is 693 g/mol. The number of aliphatic hydroxyl groups excluding tert-OH is 2. The fourth-order valence-electron chi connectivity index (χ4n) is 5.98. The number of ketones is 2. The van der Waals surface area contributed by atoms with Crippen molar-refractivity contribution in [3.8, 4) is 0 Å². The molecule has 2 N–H and O–H groups in total. The zero-order valence-corrected chi connectivity index (χ0v) is 35.4. The average molecular weight is 761 g/mol. The number of carbonyl (C=O) groups is 3. The van der Waals surface area contributed by atoms with Crippen LogP contribution in [0, 0.1) is 23.7 Å². The maximum atomic E-state index is 12.7. The Balaban J connectivity index is 0.000000530. The van der Waals surface area contributed by atoms with Gasteiger partial charge in [0, 0.05) is 62.6 Å². The number of nitrogens with zero attached hydrogens (tertiary/aromatic N) is 4. The lowest BCUT2D eigenvalue weighted by atomic mass is 9.88. The van der Waals surface area contributed by atoms with Crippen LogP contribution in [0.5, 0.6) is 0 Å². The van der Waals surface area contributed by atoms with Crippen LogP contribution in [-0.4, -0.2) is 133 Å². The Morgan fingerprint density at radius 1 is 0.585 bits per heavy atom. The largest absolute Gasteiger partial charge is 0.391 e. The number of carbonyl (C=O) groups excluding carboxylic acids is 3. The number of rotatable bonds is 19. The van der Waals surface area contributed by atoms with Gasteiger partial charge in [-0.25, -0.2) is 12.7 Å². The monoisotopic (exact) mass is 760 g/mol. The fraction of sp³-hybridized carbons (Fsp3) is 0.634. The van der Waals surface area contributed by atoms with Gasteiger partial charge >= 0.3 is 0 Å². The Kier molecular flexibility index (Phi) is 19.7. The second-order valence-corrected chi connectivity index (χ2v) is 17.7. The topological polar surface area (TPSA) is 139 Å². The molecule has 0 saturated heterocycles. The van der Waals surface area contributed by atoms with E-state index in [1.54, 1.807) is 61.3 Å². The summed E-state index contributed by atoms with van der Waals surface area (Å²) in [5.41, 5.74) is 0.616. The maximum absolute atomic E-state index is 12.7. The zero-order valence-electron chi connectivity index (χ0n) is 34.6. The van der Waals surface area contributed by atoms with E-state index in [-0.39, 0.29) is 58.8 Å². The van der Waals surface area contributed by atoms with Gasteiger partial charge in [0.05, 0.1) is 29.2 Å². The predicted octanol–water partition coefficient (Wildman–Crippen LogP) is 4.93. The number of aliphatic hydroxyl groups is 2. The normalized spacial score (nSPS) is 15.7. The van der Waals surface area contributed by atoms with Gasteiger partial charge in [0.2, 0.25) is 10.0 Å². The molecule has 0 aliphatic heterocycles. The molecule has 0 fully saturated rings. The lowest BCUT2D eigenvalue weighted by molar-refractivity contribution is -0.134. The minimum Gasteiger partial charge on any atom is -0.391 e. The first-order valence-electron chi connectivity index (χ1n) is 18.7. The van der Waals surface area contributed by atoms with Gasteiger partial charge in [-0.15, -0.1) is 0 Å². The number of amides is 1. The summed E-state index contributed by atoms with van der Waals surface area (Å²) in [6.45, 7) is 19.4. The summed E-state index contributed by atoms with van der Waals surface area (Å²) in [7, 11) is 3.26. The van der Waals surface area contributed by atoms with Gasteiger partial charge in [-0.1, -0.05) is 77.9 Å². The van der Waals surface area contributed by atoms with E-state index in [9.17, 15) is 33.0 Å². The zero-order chi connectivity index (χ0) is 41.0. The predicted molar refractivity (Wildman–Crippen MR) is 213 cm³/mol. The lowest BCUT2D eigenvalue weighted by Crippen LogP contribution is -2.54. The summed E-state index contributed by atoms with van der Waals surface area (Å²) < 4.78 is 26.7. The minimum absolute atomic E-state index is 0.0255. The van der Waals surface area contributed by atoms with Crippen LogP contribution in [-0.2, 0) is 19.6 Å². The first-order chi connectivity index (χ1) is 24.5. The smallest absolute Gasteiger partial charge is 0.253 e. The van der Waals surface area contributed by atoms with Crippen LogP contribution in [0.1, 0.15) is 79.6 Å². The first-order valence-corrected chi connectivity index (χ1v) is 20.1. The number of benzene rings is 2. The van der Waals surface area contributed by atoms with Crippen molar-refractivity contribution in [3.63, 3.8) is 0 Å². The Morgan fingerprint density at radius 3 is 1.30 bits per heavy atom. The summed E-state index contributed by atoms with van der Waals surface area (Å²) in [6.07, 6.45) is -1.82. The Labute approximate surface area is 320 Å². The SMILES string of the molecule is CC(C)C(=O)[C@H]([C@H](O)[C@H](C)CN(C)C(=O)c1ccccc1)N(C)C(C)C.CC(C)C(=O)[C@H]([C@H](O)[C@H](C)CN(C)S(=O)(=O)c1ccccc1)N(C)C(C)C. The van der Waals surface area contributed by atoms with E-state index in [0.717, 1.165) is 0 Å². The Hall–Kier alpha value is -3.00. The summed E-state index contributed by atoms with van der Waals surface area (Å²) in [4.78, 5) is 43.5. The number of likely N-dealkylation sites (N-methyl/N-ethyl adjacent to an activating group) is 2. The number of hydrogen-bond donors (Lipinski definition) is 2. The van der Waals surface area contributed by atoms with Crippen molar-refractivity contribution in [2.24, 2.45) is 23.7 Å². The maximum Gasteiger partial charge on any atom is 0.253 e. The summed E-state index contributed by atoms with van der Waals surface area (Å²) in [5, 5.41) is 21.8. The van der Waals surface area contributed by atoms with Crippen molar-refractivity contribution >= 4 is 27.5 Å². The molecule has 0 saturated carbocycles. The molecule has 300 valence electrons. The first kappa shape index (κ1) is 48.0. The molecule has 53 heavy (non-hydrogen) atoms. The molecule has 0 radical (unpaired) electrons. The van der Waals surface area contributed by atoms with E-state index in [0.29, 0.717) is 12.1 Å². The average Bonchev–Trinajstić information content (AvgIpc) is 3.11. The van der Waals surface area contributed by atoms with Crippen molar-refractivity contribution < 1.29 is 33.0 Å². The van der Waals surface area contributed by atoms with Crippen LogP contribution in [0.15, 0.2) is 65.6 Å². The van der Waals surface area contributed by atoms with Crippen molar-refractivity contribution in [2.75, 3.05) is 41.3 Å². The Bertz CT molecular complexity index is 1520. The highest BCUT2D eigenvalue weighted by atomic mass is 32.2. The molecule has 2 rings (SSSR count). The van der Waals surface area contributed by atoms with E-state index in [1.165, 1.54) is 11.4 Å². The van der Waals surface area contributed by atoms with Crippen molar-refractivity contribution in [3.05, 3.63) is 66.2 Å². The van der Waals surface area contributed by atoms with Crippen molar-refractivity contribution in [2.45, 2.75) is 111 Å². The van der Waals surface area contributed by atoms with Crippen molar-refractivity contribution in [1.29, 1.82) is 0 Å². The van der Waals surface area contributed by atoms with E-state index < -0.39 is 40.2 Å². The summed E-state index contributed by atoms with van der Waals surface area (Å²) in [5.74, 6) is -1.13. The van der Waals surface area contributed by atoms with Gasteiger partial charge in [0.15, 0.2) is 11.6 Å². The second kappa shape index (κ2) is 21.8. The Morgan fingerprint density at radius 2 is 0.943 bits per heavy atom. The molecule has 1 amide bonds. The van der Waals surface area contributed by atoms with Gasteiger partial charge in [-0.2, -0.15) is 0 Å². The number of sulfonamides is 1. The van der Waals surface area contributed by atoms with Crippen LogP contribution < -0.4 is 0 Å². The standard InChI is InChI=1S/C21H34N2O3.C20H34N2O4S/c1-14(2)19(24)18(23(7)15(3)4)20(25)16(5)13-22(6)21(26)17-11-9-8-10-12-17;1-14(2)19(23)18(22(7)15(3)4)20(24)16(5)13-21(6)27(25,26)17-11-9-8-10-12-17/h8-12,14-16,18,20,25H,13H2,1-7H3;8-12,14-16,18,20,24H,13H2,1-7H3/t2*16-,18-,20-/m11/s1. The summed E-state index contributed by atoms with van der Waals surface area (Å²) >= 11 is 0. The molecule has 2 aromatic rings. The van der Waals surface area contributed by atoms with Gasteiger partial charge in [-0.05, 0) is 72.0 Å². The molecule has 11 nitrogen and oxygen atoms in total. The van der Waals surface area contributed by atoms with Gasteiger partial charge in [-0.3, -0.25) is 24.2 Å². The molecule has 12 heteroatoms. The molecule has 6 atom stereocenters. The molecule has 0 aliphatic carbocycles. The molecule has 0 heterocycles. The van der Waals surface area contributed by atoms with Crippen LogP contribution in [0.25, 0.3) is 0 Å². The number of hydrogen-bond acceptors (Lipinski definition) is 9. The minimum atomic E-state index is -3.64. The highest BCUT2D eigenvalue weighted by Gasteiger charge is 2.38. The molecule has 0 aliphatic rings. The molecule has 0 spiro atoms. The lowest BCUT2D eigenvalue weighted by Gasteiger charge is -2.37. The molecule has 0 aromatic heterocycles. The molecule has 2 aromatic carbocycles.